The van der Waals surface area contributed by atoms with Gasteiger partial charge in [0.15, 0.2) is 0 Å². The van der Waals surface area contributed by atoms with Crippen molar-refractivity contribution in [2.45, 2.75) is 38.8 Å². The monoisotopic (exact) mass is 156 g/mol. The first-order chi connectivity index (χ1) is 5.11. The van der Waals surface area contributed by atoms with Crippen LogP contribution in [0.15, 0.2) is 0 Å². The molecule has 0 bridgehead atoms. The molecule has 2 atom stereocenters. The van der Waals surface area contributed by atoms with Crippen LogP contribution in [-0.2, 0) is 4.79 Å². The third-order valence-electron chi connectivity index (χ3n) is 2.19. The molecule has 3 nitrogen and oxygen atoms in total. The van der Waals surface area contributed by atoms with E-state index in [0.717, 1.165) is 12.8 Å². The Bertz CT molecular complexity index is 156. The Hall–Kier alpha value is -0.570. The number of rotatable bonds is 3. The zero-order chi connectivity index (χ0) is 8.43. The van der Waals surface area contributed by atoms with Crippen molar-refractivity contribution >= 4 is 5.91 Å². The molecule has 0 aromatic heterocycles. The highest BCUT2D eigenvalue weighted by Gasteiger charge is 2.34. The number of nitrogens with two attached hydrogens (primary N) is 1. The molecule has 0 aromatic rings. The summed E-state index contributed by atoms with van der Waals surface area (Å²) < 4.78 is 0. The SMILES string of the molecule is CC(C)N[C@@H]1CC[C@H]1C(N)=O. The van der Waals surface area contributed by atoms with Gasteiger partial charge in [0.2, 0.25) is 5.91 Å². The van der Waals surface area contributed by atoms with E-state index < -0.39 is 0 Å². The molecule has 0 saturated heterocycles. The summed E-state index contributed by atoms with van der Waals surface area (Å²) >= 11 is 0. The lowest BCUT2D eigenvalue weighted by Crippen LogP contribution is -2.51. The molecule has 0 aliphatic heterocycles. The van der Waals surface area contributed by atoms with Crippen molar-refractivity contribution in [3.8, 4) is 0 Å². The second-order valence-electron chi connectivity index (χ2n) is 3.51. The van der Waals surface area contributed by atoms with Crippen LogP contribution in [0, 0.1) is 5.92 Å². The third-order valence-corrected chi connectivity index (χ3v) is 2.19. The van der Waals surface area contributed by atoms with E-state index in [-0.39, 0.29) is 11.8 Å². The zero-order valence-electron chi connectivity index (χ0n) is 7.13. The summed E-state index contributed by atoms with van der Waals surface area (Å²) in [7, 11) is 0. The summed E-state index contributed by atoms with van der Waals surface area (Å²) in [5.41, 5.74) is 5.18. The maximum absolute atomic E-state index is 10.8. The largest absolute Gasteiger partial charge is 0.369 e. The molecule has 0 spiro atoms. The molecule has 1 fully saturated rings. The fourth-order valence-electron chi connectivity index (χ4n) is 1.47. The molecule has 0 heterocycles. The predicted octanol–water partition coefficient (Wildman–Crippen LogP) is 0.248. The van der Waals surface area contributed by atoms with Gasteiger partial charge in [-0.05, 0) is 12.8 Å². The van der Waals surface area contributed by atoms with Crippen LogP contribution >= 0.6 is 0 Å². The second-order valence-corrected chi connectivity index (χ2v) is 3.51. The van der Waals surface area contributed by atoms with Gasteiger partial charge in [-0.2, -0.15) is 0 Å². The first-order valence-electron chi connectivity index (χ1n) is 4.16. The van der Waals surface area contributed by atoms with Crippen LogP contribution in [0.25, 0.3) is 0 Å². The van der Waals surface area contributed by atoms with Gasteiger partial charge in [0.25, 0.3) is 0 Å². The second kappa shape index (κ2) is 3.22. The van der Waals surface area contributed by atoms with Crippen molar-refractivity contribution in [2.75, 3.05) is 0 Å². The van der Waals surface area contributed by atoms with Crippen LogP contribution in [0.1, 0.15) is 26.7 Å². The van der Waals surface area contributed by atoms with E-state index in [1.807, 2.05) is 0 Å². The summed E-state index contributed by atoms with van der Waals surface area (Å²) in [6.07, 6.45) is 2.05. The van der Waals surface area contributed by atoms with Gasteiger partial charge >= 0.3 is 0 Å². The van der Waals surface area contributed by atoms with Gasteiger partial charge in [-0.3, -0.25) is 4.79 Å². The first-order valence-corrected chi connectivity index (χ1v) is 4.16. The first kappa shape index (κ1) is 8.53. The average molecular weight is 156 g/mol. The predicted molar refractivity (Wildman–Crippen MR) is 44.0 cm³/mol. The minimum Gasteiger partial charge on any atom is -0.369 e. The number of hydrogen-bond donors (Lipinski definition) is 2. The molecule has 0 radical (unpaired) electrons. The van der Waals surface area contributed by atoms with Crippen molar-refractivity contribution in [2.24, 2.45) is 11.7 Å². The van der Waals surface area contributed by atoms with Gasteiger partial charge in [-0.25, -0.2) is 0 Å². The van der Waals surface area contributed by atoms with Gasteiger partial charge in [-0.15, -0.1) is 0 Å². The Kier molecular flexibility index (Phi) is 2.49. The number of hydrogen-bond acceptors (Lipinski definition) is 2. The van der Waals surface area contributed by atoms with Crippen molar-refractivity contribution in [3.63, 3.8) is 0 Å². The minimum atomic E-state index is -0.158. The standard InChI is InChI=1S/C8H16N2O/c1-5(2)10-7-4-3-6(7)8(9)11/h5-7,10H,3-4H2,1-2H3,(H2,9,11)/t6-,7-/m1/s1. The molecular weight excluding hydrogens is 140 g/mol. The molecule has 0 aromatic carbocycles. The minimum absolute atomic E-state index is 0.0809. The number of primary amides is 1. The molecule has 1 amide bonds. The highest BCUT2D eigenvalue weighted by Crippen LogP contribution is 2.27. The number of nitrogens with one attached hydrogen (secondary N) is 1. The molecule has 11 heavy (non-hydrogen) atoms. The van der Waals surface area contributed by atoms with Gasteiger partial charge in [-0.1, -0.05) is 13.8 Å². The van der Waals surface area contributed by atoms with Crippen LogP contribution in [0.5, 0.6) is 0 Å². The number of amides is 1. The molecular formula is C8H16N2O. The van der Waals surface area contributed by atoms with E-state index in [1.165, 1.54) is 0 Å². The maximum Gasteiger partial charge on any atom is 0.222 e. The molecule has 3 N–H and O–H groups in total. The van der Waals surface area contributed by atoms with Gasteiger partial charge < -0.3 is 11.1 Å². The zero-order valence-corrected chi connectivity index (χ0v) is 7.13. The van der Waals surface area contributed by atoms with Crippen molar-refractivity contribution in [3.05, 3.63) is 0 Å². The van der Waals surface area contributed by atoms with Crippen molar-refractivity contribution in [1.82, 2.24) is 5.32 Å². The van der Waals surface area contributed by atoms with E-state index in [1.54, 1.807) is 0 Å². The molecule has 3 heteroatoms. The third kappa shape index (κ3) is 1.93. The Labute approximate surface area is 67.3 Å². The molecule has 64 valence electrons. The van der Waals surface area contributed by atoms with E-state index in [9.17, 15) is 4.79 Å². The summed E-state index contributed by atoms with van der Waals surface area (Å²) in [6, 6.07) is 0.787. The Morgan fingerprint density at radius 2 is 2.18 bits per heavy atom. The smallest absolute Gasteiger partial charge is 0.222 e. The molecule has 1 aliphatic rings. The summed E-state index contributed by atoms with van der Waals surface area (Å²) in [5, 5.41) is 3.31. The van der Waals surface area contributed by atoms with Gasteiger partial charge in [0.1, 0.15) is 0 Å². The lowest BCUT2D eigenvalue weighted by molar-refractivity contribution is -0.125. The summed E-state index contributed by atoms with van der Waals surface area (Å²) in [4.78, 5) is 10.8. The Morgan fingerprint density at radius 1 is 1.55 bits per heavy atom. The fraction of sp³-hybridized carbons (Fsp3) is 0.875. The van der Waals surface area contributed by atoms with Crippen molar-refractivity contribution in [1.29, 1.82) is 0 Å². The summed E-state index contributed by atoms with van der Waals surface area (Å²) in [5.74, 6) is -0.0770. The summed E-state index contributed by atoms with van der Waals surface area (Å²) in [6.45, 7) is 4.16. The van der Waals surface area contributed by atoms with E-state index in [4.69, 9.17) is 5.73 Å². The Morgan fingerprint density at radius 3 is 2.45 bits per heavy atom. The van der Waals surface area contributed by atoms with Gasteiger partial charge in [0, 0.05) is 12.1 Å². The number of carbonyl (C=O) groups excluding carboxylic acids is 1. The van der Waals surface area contributed by atoms with Crippen LogP contribution in [0.2, 0.25) is 0 Å². The average Bonchev–Trinajstić information content (AvgIpc) is 1.78. The normalized spacial score (nSPS) is 30.1. The highest BCUT2D eigenvalue weighted by molar-refractivity contribution is 5.78. The van der Waals surface area contributed by atoms with Gasteiger partial charge in [0.05, 0.1) is 5.92 Å². The number of carbonyl (C=O) groups is 1. The van der Waals surface area contributed by atoms with Crippen LogP contribution in [0.4, 0.5) is 0 Å². The van der Waals surface area contributed by atoms with Crippen LogP contribution in [0.3, 0.4) is 0 Å². The van der Waals surface area contributed by atoms with E-state index in [0.29, 0.717) is 12.1 Å². The van der Waals surface area contributed by atoms with E-state index in [2.05, 4.69) is 19.2 Å². The Balaban J connectivity index is 2.31. The van der Waals surface area contributed by atoms with Crippen LogP contribution < -0.4 is 11.1 Å². The van der Waals surface area contributed by atoms with Crippen LogP contribution in [-0.4, -0.2) is 18.0 Å². The molecule has 1 saturated carbocycles. The molecule has 1 rings (SSSR count). The fourth-order valence-corrected chi connectivity index (χ4v) is 1.47. The topological polar surface area (TPSA) is 55.1 Å². The molecule has 0 unspecified atom stereocenters. The highest BCUT2D eigenvalue weighted by atomic mass is 16.1. The quantitative estimate of drug-likeness (QED) is 0.615. The lowest BCUT2D eigenvalue weighted by atomic mass is 9.79. The maximum atomic E-state index is 10.8. The molecule has 1 aliphatic carbocycles. The van der Waals surface area contributed by atoms with Crippen molar-refractivity contribution < 1.29 is 4.79 Å². The lowest BCUT2D eigenvalue weighted by Gasteiger charge is -2.36. The van der Waals surface area contributed by atoms with E-state index >= 15 is 0 Å².